The number of carboxylic acids is 1. The lowest BCUT2D eigenvalue weighted by Gasteiger charge is -2.35. The summed E-state index contributed by atoms with van der Waals surface area (Å²) in [5.41, 5.74) is 15.5. The topological polar surface area (TPSA) is 194 Å². The second kappa shape index (κ2) is 8.63. The molecule has 0 heterocycles. The highest BCUT2D eigenvalue weighted by atomic mass is 16.4. The minimum absolute atomic E-state index is 0.0969. The van der Waals surface area contributed by atoms with Gasteiger partial charge in [0.05, 0.1) is 6.04 Å². The molecule has 0 aliphatic rings. The zero-order valence-electron chi connectivity index (χ0n) is 15.4. The molecule has 2 aromatic carbocycles. The highest BCUT2D eigenvalue weighted by molar-refractivity contribution is 6.12. The molecular formula is C20H22N4O5. The number of hydrogen-bond acceptors (Lipinski definition) is 7. The van der Waals surface area contributed by atoms with E-state index in [0.29, 0.717) is 11.8 Å². The van der Waals surface area contributed by atoms with Crippen LogP contribution in [0.1, 0.15) is 29.0 Å². The van der Waals surface area contributed by atoms with Crippen molar-refractivity contribution in [2.24, 2.45) is 17.2 Å². The number of carbonyl (C=O) groups is 3. The smallest absolute Gasteiger partial charge is 0.332 e. The molecule has 0 spiro atoms. The van der Waals surface area contributed by atoms with Crippen molar-refractivity contribution in [3.8, 4) is 5.75 Å². The largest absolute Gasteiger partial charge is 0.508 e. The van der Waals surface area contributed by atoms with Gasteiger partial charge in [0, 0.05) is 23.5 Å². The highest BCUT2D eigenvalue weighted by Gasteiger charge is 2.52. The van der Waals surface area contributed by atoms with Gasteiger partial charge in [-0.15, -0.1) is 0 Å². The van der Waals surface area contributed by atoms with Gasteiger partial charge in [0.1, 0.15) is 17.9 Å². The van der Waals surface area contributed by atoms with Gasteiger partial charge in [0.2, 0.25) is 0 Å². The Bertz CT molecular complexity index is 944. The fraction of sp³-hybridized carbons (Fsp3) is 0.200. The number of aldehydes is 1. The number of ketones is 1. The van der Waals surface area contributed by atoms with Gasteiger partial charge in [-0.1, -0.05) is 42.5 Å². The van der Waals surface area contributed by atoms with E-state index in [-0.39, 0.29) is 22.7 Å². The van der Waals surface area contributed by atoms with Crippen LogP contribution in [-0.4, -0.2) is 45.7 Å². The van der Waals surface area contributed by atoms with Gasteiger partial charge < -0.3 is 32.2 Å². The number of amidine groups is 1. The van der Waals surface area contributed by atoms with Gasteiger partial charge >= 0.3 is 5.97 Å². The van der Waals surface area contributed by atoms with Gasteiger partial charge in [-0.25, -0.2) is 4.79 Å². The molecule has 29 heavy (non-hydrogen) atoms. The molecule has 9 heteroatoms. The number of benzene rings is 2. The first kappa shape index (κ1) is 21.7. The van der Waals surface area contributed by atoms with Crippen LogP contribution in [0.25, 0.3) is 0 Å². The van der Waals surface area contributed by atoms with E-state index in [1.165, 1.54) is 42.5 Å². The van der Waals surface area contributed by atoms with Crippen molar-refractivity contribution in [2.75, 3.05) is 0 Å². The first-order valence-electron chi connectivity index (χ1n) is 8.62. The molecule has 0 amide bonds. The molecule has 9 nitrogen and oxygen atoms in total. The first-order chi connectivity index (χ1) is 13.6. The fourth-order valence-corrected chi connectivity index (χ4v) is 3.16. The number of Topliss-reactive ketones (excluding diaryl/α,β-unsaturated/α-hetero) is 1. The van der Waals surface area contributed by atoms with Crippen LogP contribution >= 0.6 is 0 Å². The van der Waals surface area contributed by atoms with E-state index < -0.39 is 35.7 Å². The van der Waals surface area contributed by atoms with Crippen LogP contribution in [0.5, 0.6) is 5.75 Å². The second-order valence-corrected chi connectivity index (χ2v) is 6.57. The quantitative estimate of drug-likeness (QED) is 0.148. The third-order valence-corrected chi connectivity index (χ3v) is 4.71. The number of hydrogen-bond donors (Lipinski definition) is 6. The van der Waals surface area contributed by atoms with Gasteiger partial charge in [-0.3, -0.25) is 10.2 Å². The van der Waals surface area contributed by atoms with Crippen molar-refractivity contribution in [3.63, 3.8) is 0 Å². The monoisotopic (exact) mass is 398 g/mol. The van der Waals surface area contributed by atoms with E-state index in [0.717, 1.165) is 0 Å². The van der Waals surface area contributed by atoms with Crippen molar-refractivity contribution in [1.82, 2.24) is 0 Å². The zero-order chi connectivity index (χ0) is 21.8. The molecule has 3 unspecified atom stereocenters. The van der Waals surface area contributed by atoms with Crippen molar-refractivity contribution >= 4 is 23.9 Å². The average molecular weight is 398 g/mol. The normalized spacial score (nSPS) is 15.0. The molecule has 0 bridgehead atoms. The van der Waals surface area contributed by atoms with Crippen LogP contribution in [-0.2, 0) is 14.4 Å². The highest BCUT2D eigenvalue weighted by Crippen LogP contribution is 2.39. The molecule has 0 aliphatic heterocycles. The number of carbonyl (C=O) groups excluding carboxylic acids is 2. The summed E-state index contributed by atoms with van der Waals surface area (Å²) in [5.74, 6) is -4.50. The van der Waals surface area contributed by atoms with Crippen LogP contribution in [0.3, 0.4) is 0 Å². The van der Waals surface area contributed by atoms with Gasteiger partial charge in [0.15, 0.2) is 11.3 Å². The number of nitrogens with two attached hydrogens (primary N) is 3. The first-order valence-corrected chi connectivity index (χ1v) is 8.62. The number of phenols is 1. The molecular weight excluding hydrogens is 376 g/mol. The maximum absolute atomic E-state index is 12.9. The van der Waals surface area contributed by atoms with Crippen molar-refractivity contribution in [2.45, 2.75) is 23.9 Å². The fourth-order valence-electron chi connectivity index (χ4n) is 3.16. The van der Waals surface area contributed by atoms with Crippen LogP contribution < -0.4 is 17.2 Å². The van der Waals surface area contributed by atoms with Crippen LogP contribution in [0.4, 0.5) is 0 Å². The molecule has 0 saturated heterocycles. The third kappa shape index (κ3) is 4.15. The molecule has 152 valence electrons. The van der Waals surface area contributed by atoms with E-state index in [1.54, 1.807) is 6.07 Å². The summed E-state index contributed by atoms with van der Waals surface area (Å²) < 4.78 is 0. The Balaban J connectivity index is 2.74. The summed E-state index contributed by atoms with van der Waals surface area (Å²) in [5, 5.41) is 27.8. The Labute approximate surface area is 166 Å². The number of phenolic OH excluding ortho intramolecular Hbond substituents is 1. The molecule has 2 aromatic rings. The lowest BCUT2D eigenvalue weighted by atomic mass is 9.71. The van der Waals surface area contributed by atoms with Crippen LogP contribution in [0.2, 0.25) is 0 Å². The van der Waals surface area contributed by atoms with Crippen LogP contribution in [0.15, 0.2) is 48.5 Å². The number of carboxylic acid groups (broad SMARTS) is 1. The predicted molar refractivity (Wildman–Crippen MR) is 106 cm³/mol. The van der Waals surface area contributed by atoms with Gasteiger partial charge in [-0.05, 0) is 11.6 Å². The summed E-state index contributed by atoms with van der Waals surface area (Å²) in [6, 6.07) is 10.3. The molecule has 0 fully saturated rings. The van der Waals surface area contributed by atoms with Crippen molar-refractivity contribution in [3.05, 3.63) is 65.2 Å². The number of rotatable bonds is 9. The van der Waals surface area contributed by atoms with E-state index in [2.05, 4.69) is 0 Å². The standard InChI is InChI=1S/C20H22N4O5/c21-14(9-10-25)17(27)20(24,19(28)29)16(13-3-1-2-4-15(13)26)11-5-7-12(8-6-11)18(22)23/h1-8,10,14,16,26H,9,21,24H2,(H3,22,23)(H,28,29). The van der Waals surface area contributed by atoms with E-state index in [4.69, 9.17) is 22.6 Å². The maximum atomic E-state index is 12.9. The zero-order valence-corrected chi connectivity index (χ0v) is 15.4. The minimum atomic E-state index is -2.57. The summed E-state index contributed by atoms with van der Waals surface area (Å²) in [4.78, 5) is 36.0. The summed E-state index contributed by atoms with van der Waals surface area (Å²) >= 11 is 0. The Morgan fingerprint density at radius 2 is 1.72 bits per heavy atom. The van der Waals surface area contributed by atoms with E-state index in [1.807, 2.05) is 0 Å². The average Bonchev–Trinajstić information content (AvgIpc) is 2.69. The number of nitrogens with one attached hydrogen (secondary N) is 1. The Kier molecular flexibility index (Phi) is 6.47. The van der Waals surface area contributed by atoms with Crippen LogP contribution in [0, 0.1) is 5.41 Å². The number of aromatic hydroxyl groups is 1. The molecule has 2 rings (SSSR count). The summed E-state index contributed by atoms with van der Waals surface area (Å²) in [6.45, 7) is 0. The number of nitrogen functional groups attached to an aromatic ring is 1. The number of para-hydroxylation sites is 1. The molecule has 9 N–H and O–H groups in total. The third-order valence-electron chi connectivity index (χ3n) is 4.71. The summed E-state index contributed by atoms with van der Waals surface area (Å²) in [6.07, 6.45) is 0.00329. The molecule has 0 radical (unpaired) electrons. The minimum Gasteiger partial charge on any atom is -0.508 e. The van der Waals surface area contributed by atoms with Gasteiger partial charge in [0.25, 0.3) is 0 Å². The molecule has 0 saturated carbocycles. The van der Waals surface area contributed by atoms with Crippen molar-refractivity contribution < 1.29 is 24.6 Å². The van der Waals surface area contributed by atoms with Gasteiger partial charge in [-0.2, -0.15) is 0 Å². The second-order valence-electron chi connectivity index (χ2n) is 6.57. The summed E-state index contributed by atoms with van der Waals surface area (Å²) in [7, 11) is 0. The van der Waals surface area contributed by atoms with E-state index >= 15 is 0 Å². The Morgan fingerprint density at radius 1 is 1.14 bits per heavy atom. The predicted octanol–water partition coefficient (Wildman–Crippen LogP) is 0.0757. The number of aliphatic carboxylic acids is 1. The Hall–Kier alpha value is -3.56. The molecule has 0 aromatic heterocycles. The lowest BCUT2D eigenvalue weighted by Crippen LogP contribution is -2.63. The van der Waals surface area contributed by atoms with E-state index in [9.17, 15) is 24.6 Å². The SMILES string of the molecule is N=C(N)c1ccc(C(c2ccccc2O)C(N)(C(=O)O)C(=O)C(N)CC=O)cc1. The maximum Gasteiger partial charge on any atom is 0.332 e. The molecule has 3 atom stereocenters. The lowest BCUT2D eigenvalue weighted by molar-refractivity contribution is -0.149. The Morgan fingerprint density at radius 3 is 2.21 bits per heavy atom. The molecule has 0 aliphatic carbocycles. The van der Waals surface area contributed by atoms with Crippen molar-refractivity contribution in [1.29, 1.82) is 5.41 Å².